The normalized spacial score (nSPS) is 20.5. The van der Waals surface area contributed by atoms with Gasteiger partial charge in [0.2, 0.25) is 6.33 Å². The Balaban J connectivity index is 1.82. The average Bonchev–Trinajstić information content (AvgIpc) is 2.99. The minimum Gasteiger partial charge on any atom is -0.388 e. The van der Waals surface area contributed by atoms with Crippen molar-refractivity contribution in [2.45, 2.75) is 32.1 Å². The second-order valence-corrected chi connectivity index (χ2v) is 7.32. The van der Waals surface area contributed by atoms with Gasteiger partial charge in [0.05, 0.1) is 20.1 Å². The minimum absolute atomic E-state index is 0.281. The molecule has 0 saturated carbocycles. The number of aromatic nitrogens is 2. The Kier molecular flexibility index (Phi) is 7.80. The van der Waals surface area contributed by atoms with Crippen molar-refractivity contribution in [2.75, 3.05) is 52.4 Å². The first kappa shape index (κ1) is 20.3. The number of hydrogen-bond donors (Lipinski definition) is 3. The number of aliphatic hydroxyl groups excluding tert-OH is 2. The van der Waals surface area contributed by atoms with E-state index in [1.807, 2.05) is 41.8 Å². The molecule has 1 aliphatic heterocycles. The number of hydrogen-bond acceptors (Lipinski definition) is 5. The molecule has 1 aromatic heterocycles. The summed E-state index contributed by atoms with van der Waals surface area (Å²) < 4.78 is 4.71. The third-order valence-corrected chi connectivity index (χ3v) is 5.22. The molecule has 144 valence electrons. The third-order valence-electron chi connectivity index (χ3n) is 5.22. The molecule has 1 saturated heterocycles. The van der Waals surface area contributed by atoms with Crippen LogP contribution in [0, 0.1) is 0 Å². The lowest BCUT2D eigenvalue weighted by atomic mass is 10.1. The first-order valence-corrected chi connectivity index (χ1v) is 9.17. The predicted molar refractivity (Wildman–Crippen MR) is 92.7 cm³/mol. The second-order valence-electron chi connectivity index (χ2n) is 7.32. The summed E-state index contributed by atoms with van der Waals surface area (Å²) >= 11 is 0. The van der Waals surface area contributed by atoms with Crippen LogP contribution in [0.1, 0.15) is 13.3 Å². The molecule has 2 heterocycles. The number of aryl methyl sites for hydroxylation is 1. The average molecular weight is 358 g/mol. The lowest BCUT2D eigenvalue weighted by Crippen LogP contribution is -2.63. The summed E-state index contributed by atoms with van der Waals surface area (Å²) in [7, 11) is 1.96. The highest BCUT2D eigenvalue weighted by Gasteiger charge is 2.35. The molecule has 8 nitrogen and oxygen atoms in total. The Hall–Kier alpha value is -1.03. The van der Waals surface area contributed by atoms with E-state index >= 15 is 0 Å². The van der Waals surface area contributed by atoms with E-state index in [0.717, 1.165) is 37.1 Å². The van der Waals surface area contributed by atoms with Crippen LogP contribution < -0.4 is 4.57 Å². The summed E-state index contributed by atoms with van der Waals surface area (Å²) in [6, 6.07) is 0. The van der Waals surface area contributed by atoms with Gasteiger partial charge in [-0.1, -0.05) is 6.92 Å². The molecular formula is C17H34N4O4+2. The zero-order chi connectivity index (χ0) is 18.3. The molecule has 3 N–H and O–H groups in total. The number of β-amino-alcohol motifs (C(OH)–C–C–N with tert-alkyl or cyclic N) is 1. The van der Waals surface area contributed by atoms with E-state index in [1.165, 1.54) is 0 Å². The summed E-state index contributed by atoms with van der Waals surface area (Å²) in [5.74, 6) is 0. The number of aliphatic hydroxyl groups is 2. The second kappa shape index (κ2) is 9.61. The van der Waals surface area contributed by atoms with Crippen LogP contribution in [-0.2, 0) is 18.5 Å². The molecule has 0 spiro atoms. The van der Waals surface area contributed by atoms with Gasteiger partial charge in [0.1, 0.15) is 50.8 Å². The molecule has 0 aromatic carbocycles. The first-order chi connectivity index (χ1) is 12.0. The van der Waals surface area contributed by atoms with Crippen molar-refractivity contribution >= 4 is 0 Å². The maximum absolute atomic E-state index is 10.3. The third kappa shape index (κ3) is 6.32. The lowest BCUT2D eigenvalue weighted by Gasteiger charge is -2.45. The molecule has 0 amide bonds. The highest BCUT2D eigenvalue weighted by molar-refractivity contribution is 4.73. The highest BCUT2D eigenvalue weighted by Crippen LogP contribution is 2.16. The van der Waals surface area contributed by atoms with E-state index in [1.54, 1.807) is 0 Å². The number of piperazine rings is 1. The van der Waals surface area contributed by atoms with Crippen molar-refractivity contribution in [3.05, 3.63) is 18.7 Å². The van der Waals surface area contributed by atoms with Crippen LogP contribution in [0.2, 0.25) is 0 Å². The first-order valence-electron chi connectivity index (χ1n) is 9.17. The van der Waals surface area contributed by atoms with Crippen molar-refractivity contribution in [2.24, 2.45) is 7.05 Å². The van der Waals surface area contributed by atoms with Crippen LogP contribution in [0.5, 0.6) is 0 Å². The smallest absolute Gasteiger partial charge is 0.243 e. The van der Waals surface area contributed by atoms with Crippen LogP contribution in [0.25, 0.3) is 0 Å². The molecule has 1 fully saturated rings. The van der Waals surface area contributed by atoms with Gasteiger partial charge in [0.25, 0.3) is 0 Å². The molecule has 2 atom stereocenters. The summed E-state index contributed by atoms with van der Waals surface area (Å²) in [5, 5.41) is 29.1. The lowest BCUT2D eigenvalue weighted by molar-refractivity contribution is -0.935. The number of nitrogens with zero attached hydrogens (tertiary/aromatic N) is 4. The van der Waals surface area contributed by atoms with Gasteiger partial charge >= 0.3 is 0 Å². The van der Waals surface area contributed by atoms with Gasteiger partial charge in [0, 0.05) is 19.6 Å². The van der Waals surface area contributed by atoms with Gasteiger partial charge in [-0.05, 0) is 6.42 Å². The zero-order valence-corrected chi connectivity index (χ0v) is 15.5. The van der Waals surface area contributed by atoms with Gasteiger partial charge in [-0.25, -0.2) is 14.0 Å². The van der Waals surface area contributed by atoms with E-state index in [4.69, 9.17) is 5.26 Å². The molecule has 8 heteroatoms. The van der Waals surface area contributed by atoms with E-state index in [0.29, 0.717) is 26.2 Å². The van der Waals surface area contributed by atoms with Crippen LogP contribution in [0.4, 0.5) is 0 Å². The van der Waals surface area contributed by atoms with Crippen molar-refractivity contribution in [3.63, 3.8) is 0 Å². The molecule has 2 unspecified atom stereocenters. The maximum atomic E-state index is 10.3. The summed E-state index contributed by atoms with van der Waals surface area (Å²) in [6.45, 7) is 8.42. The molecule has 1 aromatic rings. The highest BCUT2D eigenvalue weighted by atomic mass is 17.1. The fraction of sp³-hybridized carbons (Fsp3) is 0.824. The van der Waals surface area contributed by atoms with Crippen LogP contribution in [-0.4, -0.2) is 94.0 Å². The molecule has 2 rings (SSSR count). The summed E-state index contributed by atoms with van der Waals surface area (Å²) in [6.07, 6.45) is 5.88. The quantitative estimate of drug-likeness (QED) is 0.218. The van der Waals surface area contributed by atoms with E-state index in [-0.39, 0.29) is 12.7 Å². The topological polar surface area (TPSA) is 82.0 Å². The summed E-state index contributed by atoms with van der Waals surface area (Å²) in [5.41, 5.74) is 0. The number of imidazole rings is 1. The van der Waals surface area contributed by atoms with Crippen LogP contribution in [0.3, 0.4) is 0 Å². The Morgan fingerprint density at radius 1 is 1.20 bits per heavy atom. The fourth-order valence-electron chi connectivity index (χ4n) is 3.63. The molecule has 25 heavy (non-hydrogen) atoms. The van der Waals surface area contributed by atoms with Crippen LogP contribution in [0.15, 0.2) is 18.7 Å². The fourth-order valence-corrected chi connectivity index (χ4v) is 3.63. The van der Waals surface area contributed by atoms with Gasteiger partial charge in [0.15, 0.2) is 0 Å². The summed E-state index contributed by atoms with van der Waals surface area (Å²) in [4.78, 5) is 6.57. The number of quaternary nitrogens is 1. The molecule has 0 radical (unpaired) electrons. The Morgan fingerprint density at radius 3 is 2.48 bits per heavy atom. The van der Waals surface area contributed by atoms with Gasteiger partial charge in [-0.3, -0.25) is 10.2 Å². The molecule has 0 bridgehead atoms. The van der Waals surface area contributed by atoms with E-state index in [2.05, 4.69) is 9.79 Å². The molecular weight excluding hydrogens is 324 g/mol. The van der Waals surface area contributed by atoms with Crippen molar-refractivity contribution in [1.29, 1.82) is 0 Å². The molecule has 0 aliphatic carbocycles. The Labute approximate surface area is 150 Å². The van der Waals surface area contributed by atoms with Crippen molar-refractivity contribution in [1.82, 2.24) is 9.47 Å². The standard InChI is InChI=1S/C17H33N4O4/c1-3-16(22)14-21(10-11-25-24)8-6-19(7-9-21)12-17(23)13-20-5-4-18(2)15-20/h4-5,15-17,22-23H,3,6-14H2,1-2H3/q+1/p+1. The van der Waals surface area contributed by atoms with Gasteiger partial charge in [-0.2, -0.15) is 0 Å². The van der Waals surface area contributed by atoms with E-state index in [9.17, 15) is 10.2 Å². The minimum atomic E-state index is -0.408. The Bertz CT molecular complexity index is 503. The number of rotatable bonds is 10. The SMILES string of the molecule is CCC(O)C[N+]1(CCOO)CCN(CC(O)Cn2cc[n+](C)c2)CC1. The van der Waals surface area contributed by atoms with Crippen molar-refractivity contribution in [3.8, 4) is 0 Å². The maximum Gasteiger partial charge on any atom is 0.243 e. The monoisotopic (exact) mass is 358 g/mol. The zero-order valence-electron chi connectivity index (χ0n) is 15.5. The molecule has 1 aliphatic rings. The van der Waals surface area contributed by atoms with Crippen molar-refractivity contribution < 1.29 is 29.4 Å². The predicted octanol–water partition coefficient (Wildman–Crippen LogP) is -0.934. The Morgan fingerprint density at radius 2 is 1.92 bits per heavy atom. The van der Waals surface area contributed by atoms with Gasteiger partial charge in [-0.15, -0.1) is 0 Å². The van der Waals surface area contributed by atoms with Gasteiger partial charge < -0.3 is 14.7 Å². The largest absolute Gasteiger partial charge is 0.388 e. The van der Waals surface area contributed by atoms with Crippen LogP contribution >= 0.6 is 0 Å². The van der Waals surface area contributed by atoms with E-state index < -0.39 is 6.10 Å².